The molecule has 1 unspecified atom stereocenters. The first kappa shape index (κ1) is 25.2. The average Bonchev–Trinajstić information content (AvgIpc) is 3.15. The van der Waals surface area contributed by atoms with Crippen LogP contribution in [-0.4, -0.2) is 38.4 Å². The van der Waals surface area contributed by atoms with E-state index in [2.05, 4.69) is 59.5 Å². The number of carbonyl (C=O) groups is 1. The molecule has 1 aromatic carbocycles. The molecule has 0 saturated heterocycles. The van der Waals surface area contributed by atoms with Crippen molar-refractivity contribution in [1.29, 1.82) is 0 Å². The summed E-state index contributed by atoms with van der Waals surface area (Å²) in [7, 11) is 0. The van der Waals surface area contributed by atoms with E-state index in [4.69, 9.17) is 14.6 Å². The SMILES string of the molecule is Cc1ncn(-c2ccc(C(C)NCc3ccc4c(c3)CCCO4)cn2)c1C.O=C(O)C(F)(F)F. The lowest BCUT2D eigenvalue weighted by molar-refractivity contribution is -0.192. The number of benzene rings is 1. The molecule has 0 radical (unpaired) electrons. The van der Waals surface area contributed by atoms with Crippen molar-refractivity contribution in [2.75, 3.05) is 6.61 Å². The van der Waals surface area contributed by atoms with Crippen LogP contribution < -0.4 is 10.1 Å². The zero-order valence-electron chi connectivity index (χ0n) is 19.2. The highest BCUT2D eigenvalue weighted by atomic mass is 19.4. The van der Waals surface area contributed by atoms with Gasteiger partial charge in [0.15, 0.2) is 0 Å². The molecule has 1 aliphatic heterocycles. The number of aromatic nitrogens is 3. The van der Waals surface area contributed by atoms with Crippen molar-refractivity contribution in [3.05, 3.63) is 70.9 Å². The van der Waals surface area contributed by atoms with Crippen molar-refractivity contribution in [3.8, 4) is 11.6 Å². The number of pyridine rings is 1. The van der Waals surface area contributed by atoms with Crippen molar-refractivity contribution in [1.82, 2.24) is 19.9 Å². The number of imidazole rings is 1. The Kier molecular flexibility index (Phi) is 7.93. The summed E-state index contributed by atoms with van der Waals surface area (Å²) in [6, 6.07) is 10.9. The summed E-state index contributed by atoms with van der Waals surface area (Å²) in [5.41, 5.74) is 5.95. The van der Waals surface area contributed by atoms with Gasteiger partial charge in [-0.25, -0.2) is 14.8 Å². The van der Waals surface area contributed by atoms with Crippen LogP contribution in [0.15, 0.2) is 42.9 Å². The van der Waals surface area contributed by atoms with Crippen molar-refractivity contribution in [2.24, 2.45) is 0 Å². The number of hydrogen-bond donors (Lipinski definition) is 2. The molecule has 4 rings (SSSR count). The van der Waals surface area contributed by atoms with Gasteiger partial charge in [0.25, 0.3) is 0 Å². The third-order valence-electron chi connectivity index (χ3n) is 5.60. The van der Waals surface area contributed by atoms with E-state index in [-0.39, 0.29) is 6.04 Å². The molecule has 2 N–H and O–H groups in total. The molecular weight excluding hydrogens is 449 g/mol. The second kappa shape index (κ2) is 10.7. The molecule has 3 heterocycles. The molecule has 0 aliphatic carbocycles. The van der Waals surface area contributed by atoms with E-state index in [9.17, 15) is 13.2 Å². The number of nitrogens with one attached hydrogen (secondary N) is 1. The number of aliphatic carboxylic acids is 1. The number of alkyl halides is 3. The van der Waals surface area contributed by atoms with Gasteiger partial charge in [-0.1, -0.05) is 18.2 Å². The first-order valence-corrected chi connectivity index (χ1v) is 10.8. The highest BCUT2D eigenvalue weighted by Gasteiger charge is 2.38. The van der Waals surface area contributed by atoms with Crippen LogP contribution in [-0.2, 0) is 17.8 Å². The van der Waals surface area contributed by atoms with Crippen LogP contribution >= 0.6 is 0 Å². The second-order valence-electron chi connectivity index (χ2n) is 8.03. The molecule has 182 valence electrons. The fourth-order valence-electron chi connectivity index (χ4n) is 3.44. The summed E-state index contributed by atoms with van der Waals surface area (Å²) in [5.74, 6) is -0.811. The molecule has 10 heteroatoms. The zero-order chi connectivity index (χ0) is 24.9. The Morgan fingerprint density at radius 1 is 1.24 bits per heavy atom. The minimum Gasteiger partial charge on any atom is -0.493 e. The van der Waals surface area contributed by atoms with Gasteiger partial charge >= 0.3 is 12.1 Å². The first-order chi connectivity index (χ1) is 16.1. The maximum absolute atomic E-state index is 10.6. The third-order valence-corrected chi connectivity index (χ3v) is 5.60. The highest BCUT2D eigenvalue weighted by molar-refractivity contribution is 5.73. The molecule has 1 aliphatic rings. The lowest BCUT2D eigenvalue weighted by Crippen LogP contribution is -2.21. The molecule has 0 bridgehead atoms. The van der Waals surface area contributed by atoms with Crippen LogP contribution in [0.2, 0.25) is 0 Å². The first-order valence-electron chi connectivity index (χ1n) is 10.8. The van der Waals surface area contributed by atoms with Crippen LogP contribution in [0.4, 0.5) is 13.2 Å². The van der Waals surface area contributed by atoms with Crippen molar-refractivity contribution in [3.63, 3.8) is 0 Å². The van der Waals surface area contributed by atoms with Gasteiger partial charge in [-0.05, 0) is 62.4 Å². The second-order valence-corrected chi connectivity index (χ2v) is 8.03. The number of hydrogen-bond acceptors (Lipinski definition) is 5. The van der Waals surface area contributed by atoms with Crippen LogP contribution in [0.3, 0.4) is 0 Å². The van der Waals surface area contributed by atoms with Crippen LogP contribution in [0.1, 0.15) is 47.5 Å². The molecule has 1 atom stereocenters. The molecule has 3 aromatic rings. The summed E-state index contributed by atoms with van der Waals surface area (Å²) in [5, 5.41) is 10.7. The number of fused-ring (bicyclic) bond motifs is 1. The minimum atomic E-state index is -5.08. The van der Waals surface area contributed by atoms with E-state index >= 15 is 0 Å². The summed E-state index contributed by atoms with van der Waals surface area (Å²) in [4.78, 5) is 17.9. The highest BCUT2D eigenvalue weighted by Crippen LogP contribution is 2.26. The van der Waals surface area contributed by atoms with Crippen LogP contribution in [0.5, 0.6) is 5.75 Å². The third kappa shape index (κ3) is 6.34. The Morgan fingerprint density at radius 2 is 1.97 bits per heavy atom. The molecule has 7 nitrogen and oxygen atoms in total. The van der Waals surface area contributed by atoms with E-state index in [1.807, 2.05) is 24.0 Å². The average molecular weight is 476 g/mol. The van der Waals surface area contributed by atoms with E-state index in [1.165, 1.54) is 16.7 Å². The quantitative estimate of drug-likeness (QED) is 0.555. The predicted octanol–water partition coefficient (Wildman–Crippen LogP) is 4.69. The normalized spacial score (nSPS) is 13.8. The van der Waals surface area contributed by atoms with Gasteiger partial charge in [0.2, 0.25) is 0 Å². The van der Waals surface area contributed by atoms with Gasteiger partial charge in [0, 0.05) is 24.5 Å². The van der Waals surface area contributed by atoms with E-state index in [0.717, 1.165) is 48.9 Å². The molecule has 0 fully saturated rings. The number of nitrogens with zero attached hydrogens (tertiary/aromatic N) is 3. The Hall–Kier alpha value is -3.40. The van der Waals surface area contributed by atoms with E-state index in [1.54, 1.807) is 0 Å². The van der Waals surface area contributed by atoms with Gasteiger partial charge in [-0.2, -0.15) is 13.2 Å². The summed E-state index contributed by atoms with van der Waals surface area (Å²) < 4.78 is 39.5. The Morgan fingerprint density at radius 3 is 2.56 bits per heavy atom. The summed E-state index contributed by atoms with van der Waals surface area (Å²) in [6.45, 7) is 7.91. The lowest BCUT2D eigenvalue weighted by Gasteiger charge is -2.19. The number of rotatable bonds is 5. The standard InChI is InChI=1S/C22H26N4O.C2HF3O2/c1-15-17(3)26(14-25-15)22-9-7-20(13-24-22)16(2)23-12-18-6-8-21-19(11-18)5-4-10-27-21;3-2(4,5)1(6)7/h6-9,11,13-14,16,23H,4-5,10,12H2,1-3H3;(H,6,7). The number of carboxylic acid groups (broad SMARTS) is 1. The Balaban J connectivity index is 0.000000406. The van der Waals surface area contributed by atoms with Gasteiger partial charge in [-0.15, -0.1) is 0 Å². The topological polar surface area (TPSA) is 89.3 Å². The molecule has 34 heavy (non-hydrogen) atoms. The summed E-state index contributed by atoms with van der Waals surface area (Å²) >= 11 is 0. The van der Waals surface area contributed by atoms with E-state index < -0.39 is 12.1 Å². The monoisotopic (exact) mass is 476 g/mol. The van der Waals surface area contributed by atoms with Gasteiger partial charge in [0.1, 0.15) is 17.9 Å². The molecular formula is C24H27F3N4O3. The van der Waals surface area contributed by atoms with Gasteiger partial charge in [0.05, 0.1) is 12.3 Å². The van der Waals surface area contributed by atoms with Crippen molar-refractivity contribution >= 4 is 5.97 Å². The number of carboxylic acids is 1. The Labute approximate surface area is 195 Å². The maximum atomic E-state index is 10.6. The zero-order valence-corrected chi connectivity index (χ0v) is 19.2. The van der Waals surface area contributed by atoms with Crippen molar-refractivity contribution < 1.29 is 27.8 Å². The van der Waals surface area contributed by atoms with Crippen LogP contribution in [0.25, 0.3) is 5.82 Å². The van der Waals surface area contributed by atoms with Gasteiger partial charge in [-0.3, -0.25) is 4.57 Å². The Bertz CT molecular complexity index is 1130. The number of aryl methyl sites for hydroxylation is 2. The fraction of sp³-hybridized carbons (Fsp3) is 0.375. The maximum Gasteiger partial charge on any atom is 0.490 e. The predicted molar refractivity (Wildman–Crippen MR) is 120 cm³/mol. The van der Waals surface area contributed by atoms with Crippen molar-refractivity contribution in [2.45, 2.75) is 52.4 Å². The summed E-state index contributed by atoms with van der Waals surface area (Å²) in [6.07, 6.45) is 0.905. The molecule has 2 aromatic heterocycles. The molecule has 0 saturated carbocycles. The number of halogens is 3. The lowest BCUT2D eigenvalue weighted by atomic mass is 10.0. The molecule has 0 spiro atoms. The largest absolute Gasteiger partial charge is 0.493 e. The van der Waals surface area contributed by atoms with Crippen LogP contribution in [0, 0.1) is 13.8 Å². The minimum absolute atomic E-state index is 0.226. The van der Waals surface area contributed by atoms with Gasteiger partial charge < -0.3 is 15.2 Å². The smallest absolute Gasteiger partial charge is 0.490 e. The van der Waals surface area contributed by atoms with E-state index in [0.29, 0.717) is 0 Å². The fourth-order valence-corrected chi connectivity index (χ4v) is 3.44. The number of ether oxygens (including phenoxy) is 1. The molecule has 0 amide bonds.